The van der Waals surface area contributed by atoms with Gasteiger partial charge in [0, 0.05) is 10.9 Å². The van der Waals surface area contributed by atoms with Crippen molar-refractivity contribution < 1.29 is 9.15 Å². The molecule has 1 N–H and O–H groups in total. The molecule has 1 unspecified atom stereocenters. The molecule has 0 bridgehead atoms. The minimum atomic E-state index is 0.174. The van der Waals surface area contributed by atoms with E-state index in [9.17, 15) is 0 Å². The van der Waals surface area contributed by atoms with E-state index in [-0.39, 0.29) is 6.04 Å². The standard InChI is InChI=1S/C17H20BrNO2/c1-3-19-15(16-11(2)4-6-20-16)10-13-9-14(18)8-12-5-7-21-17(12)13/h4,6,8-9,15,19H,3,5,7,10H2,1-2H3. The average molecular weight is 350 g/mol. The zero-order valence-electron chi connectivity index (χ0n) is 12.4. The first-order valence-corrected chi connectivity index (χ1v) is 8.19. The molecule has 1 aliphatic rings. The molecule has 112 valence electrons. The van der Waals surface area contributed by atoms with Crippen LogP contribution < -0.4 is 10.1 Å². The summed E-state index contributed by atoms with van der Waals surface area (Å²) in [4.78, 5) is 0. The first-order valence-electron chi connectivity index (χ1n) is 7.40. The van der Waals surface area contributed by atoms with E-state index >= 15 is 0 Å². The molecule has 3 rings (SSSR count). The van der Waals surface area contributed by atoms with Gasteiger partial charge in [-0.3, -0.25) is 0 Å². The van der Waals surface area contributed by atoms with Crippen LogP contribution in [0.4, 0.5) is 0 Å². The summed E-state index contributed by atoms with van der Waals surface area (Å²) < 4.78 is 12.6. The lowest BCUT2D eigenvalue weighted by Crippen LogP contribution is -2.23. The van der Waals surface area contributed by atoms with Gasteiger partial charge < -0.3 is 14.5 Å². The Morgan fingerprint density at radius 1 is 1.38 bits per heavy atom. The molecule has 1 aromatic carbocycles. The number of benzene rings is 1. The molecule has 0 radical (unpaired) electrons. The monoisotopic (exact) mass is 349 g/mol. The van der Waals surface area contributed by atoms with Crippen molar-refractivity contribution in [3.8, 4) is 5.75 Å². The number of fused-ring (bicyclic) bond motifs is 1. The molecule has 2 heterocycles. The van der Waals surface area contributed by atoms with Crippen molar-refractivity contribution in [3.63, 3.8) is 0 Å². The first kappa shape index (κ1) is 14.7. The summed E-state index contributed by atoms with van der Waals surface area (Å²) in [5.41, 5.74) is 3.72. The average Bonchev–Trinajstić information content (AvgIpc) is 3.06. The van der Waals surface area contributed by atoms with Crippen LogP contribution in [0.1, 0.15) is 35.4 Å². The first-order chi connectivity index (χ1) is 10.2. The van der Waals surface area contributed by atoms with E-state index in [2.05, 4.69) is 47.2 Å². The lowest BCUT2D eigenvalue weighted by Gasteiger charge is -2.18. The van der Waals surface area contributed by atoms with Gasteiger partial charge in [-0.15, -0.1) is 0 Å². The van der Waals surface area contributed by atoms with Crippen LogP contribution in [-0.4, -0.2) is 13.2 Å². The third-order valence-electron chi connectivity index (χ3n) is 3.92. The molecule has 0 saturated carbocycles. The van der Waals surface area contributed by atoms with E-state index in [1.165, 1.54) is 16.7 Å². The second-order valence-electron chi connectivity index (χ2n) is 5.43. The van der Waals surface area contributed by atoms with Gasteiger partial charge in [0.1, 0.15) is 11.5 Å². The number of hydrogen-bond acceptors (Lipinski definition) is 3. The number of aryl methyl sites for hydroxylation is 1. The highest BCUT2D eigenvalue weighted by atomic mass is 79.9. The number of ether oxygens (including phenoxy) is 1. The molecule has 0 aliphatic carbocycles. The molecule has 3 nitrogen and oxygen atoms in total. The van der Waals surface area contributed by atoms with Gasteiger partial charge in [0.2, 0.25) is 0 Å². The van der Waals surface area contributed by atoms with Crippen molar-refractivity contribution in [2.24, 2.45) is 0 Å². The predicted octanol–water partition coefficient (Wildman–Crippen LogP) is 4.18. The van der Waals surface area contributed by atoms with E-state index in [0.29, 0.717) is 0 Å². The number of halogens is 1. The van der Waals surface area contributed by atoms with Crippen molar-refractivity contribution in [1.82, 2.24) is 5.32 Å². The van der Waals surface area contributed by atoms with Gasteiger partial charge in [-0.05, 0) is 54.8 Å². The molecule has 0 saturated heterocycles. The van der Waals surface area contributed by atoms with Crippen molar-refractivity contribution >= 4 is 15.9 Å². The number of hydrogen-bond donors (Lipinski definition) is 1. The molecule has 1 aliphatic heterocycles. The third kappa shape index (κ3) is 3.01. The van der Waals surface area contributed by atoms with Crippen molar-refractivity contribution in [3.05, 3.63) is 51.4 Å². The van der Waals surface area contributed by atoms with E-state index in [1.54, 1.807) is 6.26 Å². The maximum absolute atomic E-state index is 5.83. The lowest BCUT2D eigenvalue weighted by atomic mass is 9.99. The van der Waals surface area contributed by atoms with Gasteiger partial charge in [-0.1, -0.05) is 22.9 Å². The van der Waals surface area contributed by atoms with Crippen LogP contribution in [0.5, 0.6) is 5.75 Å². The Morgan fingerprint density at radius 3 is 2.95 bits per heavy atom. The topological polar surface area (TPSA) is 34.4 Å². The molecule has 2 aromatic rings. The molecule has 21 heavy (non-hydrogen) atoms. The van der Waals surface area contributed by atoms with Gasteiger partial charge in [-0.25, -0.2) is 0 Å². The highest BCUT2D eigenvalue weighted by molar-refractivity contribution is 9.10. The fourth-order valence-electron chi connectivity index (χ4n) is 2.96. The predicted molar refractivity (Wildman–Crippen MR) is 86.9 cm³/mol. The zero-order chi connectivity index (χ0) is 14.8. The van der Waals surface area contributed by atoms with E-state index < -0.39 is 0 Å². The van der Waals surface area contributed by atoms with Crippen molar-refractivity contribution in [2.45, 2.75) is 32.7 Å². The number of rotatable bonds is 5. The van der Waals surface area contributed by atoms with Crippen LogP contribution in [0.2, 0.25) is 0 Å². The maximum atomic E-state index is 5.83. The molecule has 4 heteroatoms. The van der Waals surface area contributed by atoms with Crippen LogP contribution in [0.25, 0.3) is 0 Å². The molecular weight excluding hydrogens is 330 g/mol. The summed E-state index contributed by atoms with van der Waals surface area (Å²) in [7, 11) is 0. The quantitative estimate of drug-likeness (QED) is 0.879. The largest absolute Gasteiger partial charge is 0.493 e. The van der Waals surface area contributed by atoms with Crippen molar-refractivity contribution in [2.75, 3.05) is 13.2 Å². The molecule has 1 aromatic heterocycles. The Morgan fingerprint density at radius 2 is 2.24 bits per heavy atom. The normalized spacial score (nSPS) is 14.8. The summed E-state index contributed by atoms with van der Waals surface area (Å²) in [5.74, 6) is 2.08. The van der Waals surface area contributed by atoms with Gasteiger partial charge in [-0.2, -0.15) is 0 Å². The van der Waals surface area contributed by atoms with Crippen molar-refractivity contribution in [1.29, 1.82) is 0 Å². The number of nitrogens with one attached hydrogen (secondary N) is 1. The number of furan rings is 1. The lowest BCUT2D eigenvalue weighted by molar-refractivity contribution is 0.349. The minimum Gasteiger partial charge on any atom is -0.493 e. The van der Waals surface area contributed by atoms with Gasteiger partial charge in [0.05, 0.1) is 18.9 Å². The Labute approximate surface area is 133 Å². The summed E-state index contributed by atoms with van der Waals surface area (Å²) in [6.07, 6.45) is 3.62. The Hall–Kier alpha value is -1.26. The van der Waals surface area contributed by atoms with Crippen LogP contribution in [-0.2, 0) is 12.8 Å². The summed E-state index contributed by atoms with van der Waals surface area (Å²) in [5, 5.41) is 3.52. The van der Waals surface area contributed by atoms with Crippen LogP contribution >= 0.6 is 15.9 Å². The summed E-state index contributed by atoms with van der Waals surface area (Å²) >= 11 is 3.61. The SMILES string of the molecule is CCNC(Cc1cc(Br)cc2c1OCC2)c1occc1C. The van der Waals surface area contributed by atoms with Crippen LogP contribution in [0, 0.1) is 6.92 Å². The molecule has 1 atom stereocenters. The highest BCUT2D eigenvalue weighted by Crippen LogP contribution is 2.35. The summed E-state index contributed by atoms with van der Waals surface area (Å²) in [6, 6.07) is 6.51. The third-order valence-corrected chi connectivity index (χ3v) is 4.38. The van der Waals surface area contributed by atoms with Gasteiger partial charge in [0.25, 0.3) is 0 Å². The molecule has 0 fully saturated rings. The number of likely N-dealkylation sites (N-methyl/N-ethyl adjacent to an activating group) is 1. The Bertz CT molecular complexity index is 636. The second kappa shape index (κ2) is 6.24. The van der Waals surface area contributed by atoms with Gasteiger partial charge in [0.15, 0.2) is 0 Å². The minimum absolute atomic E-state index is 0.174. The van der Waals surface area contributed by atoms with E-state index in [1.807, 2.05) is 6.07 Å². The smallest absolute Gasteiger partial charge is 0.125 e. The van der Waals surface area contributed by atoms with Crippen LogP contribution in [0.3, 0.4) is 0 Å². The summed E-state index contributed by atoms with van der Waals surface area (Å²) in [6.45, 7) is 5.89. The second-order valence-corrected chi connectivity index (χ2v) is 6.35. The molecule has 0 amide bonds. The van der Waals surface area contributed by atoms with E-state index in [4.69, 9.17) is 9.15 Å². The van der Waals surface area contributed by atoms with E-state index in [0.717, 1.165) is 42.0 Å². The fraction of sp³-hybridized carbons (Fsp3) is 0.412. The van der Waals surface area contributed by atoms with Gasteiger partial charge >= 0.3 is 0 Å². The fourth-order valence-corrected chi connectivity index (χ4v) is 3.52. The molecular formula is C17H20BrNO2. The zero-order valence-corrected chi connectivity index (χ0v) is 14.0. The maximum Gasteiger partial charge on any atom is 0.125 e. The molecule has 0 spiro atoms. The Balaban J connectivity index is 1.92. The highest BCUT2D eigenvalue weighted by Gasteiger charge is 2.23. The van der Waals surface area contributed by atoms with Crippen LogP contribution in [0.15, 0.2) is 33.4 Å². The Kier molecular flexibility index (Phi) is 4.36.